The van der Waals surface area contributed by atoms with Crippen LogP contribution in [0.4, 0.5) is 23.2 Å². The van der Waals surface area contributed by atoms with Gasteiger partial charge < -0.3 is 4.90 Å². The quantitative estimate of drug-likeness (QED) is 0.754. The molecule has 0 radical (unpaired) electrons. The highest BCUT2D eigenvalue weighted by atomic mass is 19.4. The van der Waals surface area contributed by atoms with Crippen molar-refractivity contribution < 1.29 is 22.4 Å². The van der Waals surface area contributed by atoms with Crippen LogP contribution in [0.1, 0.15) is 23.1 Å². The zero-order valence-electron chi connectivity index (χ0n) is 12.0. The first kappa shape index (κ1) is 15.5. The molecule has 2 aromatic carbocycles. The van der Waals surface area contributed by atoms with E-state index in [-0.39, 0.29) is 30.9 Å². The third kappa shape index (κ3) is 2.93. The molecule has 1 amide bonds. The summed E-state index contributed by atoms with van der Waals surface area (Å²) in [5, 5.41) is 0. The van der Waals surface area contributed by atoms with Crippen LogP contribution < -0.4 is 4.90 Å². The Balaban J connectivity index is 2.02. The average molecular weight is 323 g/mol. The van der Waals surface area contributed by atoms with Crippen molar-refractivity contribution in [2.75, 3.05) is 4.90 Å². The van der Waals surface area contributed by atoms with Gasteiger partial charge in [0.05, 0.1) is 17.8 Å². The number of alkyl halides is 3. The Morgan fingerprint density at radius 3 is 2.48 bits per heavy atom. The second kappa shape index (κ2) is 5.68. The predicted molar refractivity (Wildman–Crippen MR) is 77.4 cm³/mol. The average Bonchev–Trinajstić information content (AvgIpc) is 2.50. The molecular formula is C17H13F4NO. The van der Waals surface area contributed by atoms with Crippen LogP contribution in [0.2, 0.25) is 0 Å². The van der Waals surface area contributed by atoms with Gasteiger partial charge in [0, 0.05) is 12.0 Å². The van der Waals surface area contributed by atoms with Gasteiger partial charge in [-0.25, -0.2) is 4.39 Å². The Morgan fingerprint density at radius 2 is 1.74 bits per heavy atom. The molecule has 0 N–H and O–H groups in total. The van der Waals surface area contributed by atoms with Gasteiger partial charge in [-0.15, -0.1) is 0 Å². The standard InChI is InChI=1S/C17H13F4NO/c18-14-6-3-7-15-12(14)8-9-16(23)22(15)10-11-4-1-2-5-13(11)17(19,20)21/h1-7H,8-10H2. The van der Waals surface area contributed by atoms with Gasteiger partial charge in [-0.05, 0) is 30.2 Å². The van der Waals surface area contributed by atoms with Gasteiger partial charge in [0.2, 0.25) is 5.91 Å². The molecule has 0 fully saturated rings. The van der Waals surface area contributed by atoms with Crippen LogP contribution in [0.25, 0.3) is 0 Å². The maximum absolute atomic E-state index is 13.9. The Kier molecular flexibility index (Phi) is 3.83. The summed E-state index contributed by atoms with van der Waals surface area (Å²) in [6, 6.07) is 9.42. The molecule has 2 aromatic rings. The second-order valence-corrected chi connectivity index (χ2v) is 5.37. The SMILES string of the molecule is O=C1CCc2c(F)cccc2N1Cc1ccccc1C(F)(F)F. The van der Waals surface area contributed by atoms with Crippen molar-refractivity contribution in [3.63, 3.8) is 0 Å². The lowest BCUT2D eigenvalue weighted by Gasteiger charge is -2.30. The zero-order valence-corrected chi connectivity index (χ0v) is 12.0. The number of nitrogens with zero attached hydrogens (tertiary/aromatic N) is 1. The van der Waals surface area contributed by atoms with Gasteiger partial charge >= 0.3 is 6.18 Å². The van der Waals surface area contributed by atoms with E-state index in [4.69, 9.17) is 0 Å². The van der Waals surface area contributed by atoms with Crippen LogP contribution in [0, 0.1) is 5.82 Å². The third-order valence-electron chi connectivity index (χ3n) is 3.93. The second-order valence-electron chi connectivity index (χ2n) is 5.37. The minimum Gasteiger partial charge on any atom is -0.308 e. The molecule has 0 bridgehead atoms. The van der Waals surface area contributed by atoms with Crippen molar-refractivity contribution in [2.45, 2.75) is 25.6 Å². The van der Waals surface area contributed by atoms with Gasteiger partial charge in [0.25, 0.3) is 0 Å². The van der Waals surface area contributed by atoms with Crippen LogP contribution in [0.3, 0.4) is 0 Å². The van der Waals surface area contributed by atoms with Gasteiger partial charge in [-0.2, -0.15) is 13.2 Å². The molecule has 23 heavy (non-hydrogen) atoms. The molecule has 0 saturated carbocycles. The molecular weight excluding hydrogens is 310 g/mol. The van der Waals surface area contributed by atoms with Gasteiger partial charge in [0.1, 0.15) is 5.82 Å². The summed E-state index contributed by atoms with van der Waals surface area (Å²) < 4.78 is 53.1. The monoisotopic (exact) mass is 323 g/mol. The first-order valence-electron chi connectivity index (χ1n) is 7.11. The normalized spacial score (nSPS) is 14.8. The van der Waals surface area contributed by atoms with E-state index in [9.17, 15) is 22.4 Å². The fraction of sp³-hybridized carbons (Fsp3) is 0.235. The van der Waals surface area contributed by atoms with Crippen molar-refractivity contribution in [3.8, 4) is 0 Å². The van der Waals surface area contributed by atoms with Crippen LogP contribution in [0.15, 0.2) is 42.5 Å². The first-order valence-corrected chi connectivity index (χ1v) is 7.11. The molecule has 6 heteroatoms. The first-order chi connectivity index (χ1) is 10.9. The maximum atomic E-state index is 13.9. The molecule has 0 saturated heterocycles. The number of amides is 1. The zero-order chi connectivity index (χ0) is 16.6. The number of carbonyl (C=O) groups excluding carboxylic acids is 1. The number of hydrogen-bond donors (Lipinski definition) is 0. The van der Waals surface area contributed by atoms with E-state index in [1.165, 1.54) is 35.2 Å². The Labute approximate surface area is 130 Å². The van der Waals surface area contributed by atoms with Gasteiger partial charge in [-0.3, -0.25) is 4.79 Å². The topological polar surface area (TPSA) is 20.3 Å². The third-order valence-corrected chi connectivity index (χ3v) is 3.93. The highest BCUT2D eigenvalue weighted by Crippen LogP contribution is 2.35. The number of fused-ring (bicyclic) bond motifs is 1. The maximum Gasteiger partial charge on any atom is 0.416 e. The van der Waals surface area contributed by atoms with E-state index in [2.05, 4.69) is 0 Å². The van der Waals surface area contributed by atoms with Gasteiger partial charge in [-0.1, -0.05) is 24.3 Å². The lowest BCUT2D eigenvalue weighted by Crippen LogP contribution is -2.35. The van der Waals surface area contributed by atoms with E-state index in [1.807, 2.05) is 0 Å². The summed E-state index contributed by atoms with van der Waals surface area (Å²) in [4.78, 5) is 13.4. The molecule has 0 atom stereocenters. The number of carbonyl (C=O) groups is 1. The van der Waals surface area contributed by atoms with E-state index in [1.54, 1.807) is 6.07 Å². The number of hydrogen-bond acceptors (Lipinski definition) is 1. The fourth-order valence-corrected chi connectivity index (χ4v) is 2.83. The van der Waals surface area contributed by atoms with Crippen molar-refractivity contribution in [3.05, 3.63) is 65.0 Å². The molecule has 0 unspecified atom stereocenters. The van der Waals surface area contributed by atoms with Crippen LogP contribution in [-0.4, -0.2) is 5.91 Å². The molecule has 1 aliphatic heterocycles. The summed E-state index contributed by atoms with van der Waals surface area (Å²) in [6.07, 6.45) is -4.15. The molecule has 120 valence electrons. The summed E-state index contributed by atoms with van der Waals surface area (Å²) >= 11 is 0. The van der Waals surface area contributed by atoms with Gasteiger partial charge in [0.15, 0.2) is 0 Å². The van der Waals surface area contributed by atoms with Crippen molar-refractivity contribution in [1.82, 2.24) is 0 Å². The summed E-state index contributed by atoms with van der Waals surface area (Å²) in [6.45, 7) is -0.231. The van der Waals surface area contributed by atoms with Crippen LogP contribution >= 0.6 is 0 Å². The summed E-state index contributed by atoms with van der Waals surface area (Å²) in [5.41, 5.74) is -0.0726. The van der Waals surface area contributed by atoms with Crippen LogP contribution in [-0.2, 0) is 23.9 Å². The molecule has 1 heterocycles. The molecule has 0 spiro atoms. The molecule has 3 rings (SSSR count). The fourth-order valence-electron chi connectivity index (χ4n) is 2.83. The molecule has 1 aliphatic rings. The lowest BCUT2D eigenvalue weighted by atomic mass is 9.99. The van der Waals surface area contributed by atoms with Crippen molar-refractivity contribution in [2.24, 2.45) is 0 Å². The lowest BCUT2D eigenvalue weighted by molar-refractivity contribution is -0.138. The number of anilines is 1. The van der Waals surface area contributed by atoms with Crippen LogP contribution in [0.5, 0.6) is 0 Å². The Hall–Kier alpha value is -2.37. The van der Waals surface area contributed by atoms with Crippen molar-refractivity contribution in [1.29, 1.82) is 0 Å². The molecule has 2 nitrogen and oxygen atoms in total. The van der Waals surface area contributed by atoms with E-state index in [0.29, 0.717) is 11.3 Å². The van der Waals surface area contributed by atoms with E-state index < -0.39 is 17.6 Å². The highest BCUT2D eigenvalue weighted by Gasteiger charge is 2.34. The number of rotatable bonds is 2. The Morgan fingerprint density at radius 1 is 1.00 bits per heavy atom. The largest absolute Gasteiger partial charge is 0.416 e. The molecule has 0 aromatic heterocycles. The number of halogens is 4. The summed E-state index contributed by atoms with van der Waals surface area (Å²) in [5.74, 6) is -0.746. The minimum absolute atomic E-state index is 0.00883. The Bertz CT molecular complexity index is 754. The summed E-state index contributed by atoms with van der Waals surface area (Å²) in [7, 11) is 0. The van der Waals surface area contributed by atoms with E-state index >= 15 is 0 Å². The van der Waals surface area contributed by atoms with E-state index in [0.717, 1.165) is 6.07 Å². The number of benzene rings is 2. The minimum atomic E-state index is -4.50. The molecule has 0 aliphatic carbocycles. The highest BCUT2D eigenvalue weighted by molar-refractivity contribution is 5.96. The van der Waals surface area contributed by atoms with Crippen molar-refractivity contribution >= 4 is 11.6 Å². The predicted octanol–water partition coefficient (Wildman–Crippen LogP) is 4.32. The smallest absolute Gasteiger partial charge is 0.308 e.